The third-order valence-electron chi connectivity index (χ3n) is 6.40. The van der Waals surface area contributed by atoms with Crippen LogP contribution < -0.4 is 10.6 Å². The van der Waals surface area contributed by atoms with Crippen LogP contribution in [0.3, 0.4) is 0 Å². The summed E-state index contributed by atoms with van der Waals surface area (Å²) < 4.78 is 2.06. The van der Waals surface area contributed by atoms with E-state index >= 15 is 0 Å². The summed E-state index contributed by atoms with van der Waals surface area (Å²) in [5.41, 5.74) is 1.22. The van der Waals surface area contributed by atoms with Crippen LogP contribution in [0.2, 0.25) is 5.02 Å². The average molecular weight is 572 g/mol. The number of guanidine groups is 1. The predicted octanol–water partition coefficient (Wildman–Crippen LogP) is 3.50. The van der Waals surface area contributed by atoms with Gasteiger partial charge >= 0.3 is 0 Å². The van der Waals surface area contributed by atoms with Gasteiger partial charge in [-0.2, -0.15) is 5.10 Å². The van der Waals surface area contributed by atoms with Gasteiger partial charge in [-0.1, -0.05) is 36.7 Å². The highest BCUT2D eigenvalue weighted by molar-refractivity contribution is 14.0. The molecule has 0 aliphatic carbocycles. The zero-order valence-corrected chi connectivity index (χ0v) is 22.1. The molecule has 3 heterocycles. The Bertz CT molecular complexity index is 892. The molecule has 176 valence electrons. The Hall–Kier alpha value is -1.39. The predicted molar refractivity (Wildman–Crippen MR) is 141 cm³/mol. The molecule has 2 N–H and O–H groups in total. The summed E-state index contributed by atoms with van der Waals surface area (Å²) in [6, 6.07) is 8.50. The number of likely N-dealkylation sites (tertiary alicyclic amines) is 1. The van der Waals surface area contributed by atoms with Crippen LogP contribution in [0.5, 0.6) is 0 Å². The molecule has 4 rings (SSSR count). The number of nitrogens with one attached hydrogen (secondary N) is 2. The number of fused-ring (bicyclic) bond motifs is 1. The SMILES string of the molecule is CCc1nc2n(n1)CC(NC(=NC)NCC1CCN(Cc3ccccc3Cl)CC1)CC2.I. The van der Waals surface area contributed by atoms with Crippen molar-refractivity contribution in [2.75, 3.05) is 26.7 Å². The number of hydrogen-bond donors (Lipinski definition) is 2. The quantitative estimate of drug-likeness (QED) is 0.316. The summed E-state index contributed by atoms with van der Waals surface area (Å²) in [6.07, 6.45) is 5.30. The van der Waals surface area contributed by atoms with E-state index in [0.29, 0.717) is 12.0 Å². The topological polar surface area (TPSA) is 70.4 Å². The Morgan fingerprint density at radius 1 is 1.22 bits per heavy atom. The number of nitrogens with zero attached hydrogens (tertiary/aromatic N) is 5. The normalized spacial score (nSPS) is 19.8. The fourth-order valence-electron chi connectivity index (χ4n) is 4.47. The molecule has 1 aromatic heterocycles. The first-order valence-corrected chi connectivity index (χ1v) is 11.9. The van der Waals surface area contributed by atoms with E-state index < -0.39 is 0 Å². The van der Waals surface area contributed by atoms with Gasteiger partial charge in [-0.15, -0.1) is 24.0 Å². The van der Waals surface area contributed by atoms with E-state index in [4.69, 9.17) is 11.6 Å². The van der Waals surface area contributed by atoms with Gasteiger partial charge in [-0.25, -0.2) is 9.67 Å². The Labute approximate surface area is 213 Å². The van der Waals surface area contributed by atoms with Crippen molar-refractivity contribution in [1.82, 2.24) is 30.3 Å². The van der Waals surface area contributed by atoms with Crippen LogP contribution in [0.25, 0.3) is 0 Å². The van der Waals surface area contributed by atoms with Gasteiger partial charge in [0.05, 0.1) is 6.54 Å². The second kappa shape index (κ2) is 12.2. The van der Waals surface area contributed by atoms with Crippen LogP contribution in [0.4, 0.5) is 0 Å². The highest BCUT2D eigenvalue weighted by Crippen LogP contribution is 2.22. The van der Waals surface area contributed by atoms with Crippen molar-refractivity contribution in [3.8, 4) is 0 Å². The molecule has 1 fully saturated rings. The fourth-order valence-corrected chi connectivity index (χ4v) is 4.67. The summed E-state index contributed by atoms with van der Waals surface area (Å²) in [5.74, 6) is 3.62. The number of rotatable bonds is 6. The lowest BCUT2D eigenvalue weighted by atomic mass is 9.96. The summed E-state index contributed by atoms with van der Waals surface area (Å²) >= 11 is 6.32. The third-order valence-corrected chi connectivity index (χ3v) is 6.77. The van der Waals surface area contributed by atoms with Crippen molar-refractivity contribution in [3.63, 3.8) is 0 Å². The zero-order chi connectivity index (χ0) is 21.6. The van der Waals surface area contributed by atoms with Crippen molar-refractivity contribution in [2.24, 2.45) is 10.9 Å². The standard InChI is InChI=1S/C23H34ClN7.HI/c1-3-21-28-22-9-8-19(16-31(22)29-21)27-23(25-2)26-14-17-10-12-30(13-11-17)15-18-6-4-5-7-20(18)24;/h4-7,17,19H,3,8-16H2,1-2H3,(H2,25,26,27);1H. The number of halogens is 2. The van der Waals surface area contributed by atoms with Crippen molar-refractivity contribution in [2.45, 2.75) is 58.2 Å². The number of aromatic nitrogens is 3. The van der Waals surface area contributed by atoms with Crippen molar-refractivity contribution < 1.29 is 0 Å². The molecule has 7 nitrogen and oxygen atoms in total. The first kappa shape index (κ1) is 25.2. The van der Waals surface area contributed by atoms with Gasteiger partial charge in [0.2, 0.25) is 0 Å². The van der Waals surface area contributed by atoms with E-state index in [1.54, 1.807) is 0 Å². The second-order valence-electron chi connectivity index (χ2n) is 8.62. The van der Waals surface area contributed by atoms with Gasteiger partial charge in [0.25, 0.3) is 0 Å². The first-order valence-electron chi connectivity index (χ1n) is 11.5. The van der Waals surface area contributed by atoms with Crippen LogP contribution in [0.15, 0.2) is 29.3 Å². The Balaban J connectivity index is 0.00000289. The molecule has 1 saturated heterocycles. The maximum atomic E-state index is 6.32. The van der Waals surface area contributed by atoms with E-state index in [9.17, 15) is 0 Å². The zero-order valence-electron chi connectivity index (χ0n) is 19.1. The number of piperidine rings is 1. The molecule has 2 aliphatic heterocycles. The van der Waals surface area contributed by atoms with Crippen molar-refractivity contribution in [1.29, 1.82) is 0 Å². The third kappa shape index (κ3) is 6.57. The van der Waals surface area contributed by atoms with Gasteiger partial charge < -0.3 is 10.6 Å². The average Bonchev–Trinajstić information content (AvgIpc) is 3.21. The number of hydrogen-bond acceptors (Lipinski definition) is 4. The summed E-state index contributed by atoms with van der Waals surface area (Å²) in [4.78, 5) is 11.6. The molecule has 1 atom stereocenters. The molecular weight excluding hydrogens is 537 g/mol. The summed E-state index contributed by atoms with van der Waals surface area (Å²) in [5, 5.41) is 12.6. The van der Waals surface area contributed by atoms with Crippen molar-refractivity contribution >= 4 is 41.5 Å². The number of aliphatic imine (C=N–C) groups is 1. The van der Waals surface area contributed by atoms with Crippen LogP contribution in [0, 0.1) is 5.92 Å². The molecule has 32 heavy (non-hydrogen) atoms. The van der Waals surface area contributed by atoms with Gasteiger partial charge in [0, 0.05) is 44.0 Å². The van der Waals surface area contributed by atoms with Gasteiger partial charge in [0.1, 0.15) is 5.82 Å². The molecule has 1 aromatic carbocycles. The lowest BCUT2D eigenvalue weighted by Gasteiger charge is -2.33. The number of aryl methyl sites for hydroxylation is 2. The molecule has 0 spiro atoms. The Morgan fingerprint density at radius 3 is 2.72 bits per heavy atom. The molecule has 0 bridgehead atoms. The number of benzene rings is 1. The van der Waals surface area contributed by atoms with E-state index in [0.717, 1.165) is 74.6 Å². The molecular formula is C23H35ClIN7. The monoisotopic (exact) mass is 571 g/mol. The first-order chi connectivity index (χ1) is 15.1. The minimum absolute atomic E-state index is 0. The molecule has 1 unspecified atom stereocenters. The second-order valence-corrected chi connectivity index (χ2v) is 9.03. The highest BCUT2D eigenvalue weighted by Gasteiger charge is 2.23. The van der Waals surface area contributed by atoms with E-state index in [1.165, 1.54) is 18.4 Å². The minimum Gasteiger partial charge on any atom is -0.356 e. The van der Waals surface area contributed by atoms with E-state index in [2.05, 4.69) is 54.3 Å². The molecule has 9 heteroatoms. The fraction of sp³-hybridized carbons (Fsp3) is 0.609. The highest BCUT2D eigenvalue weighted by atomic mass is 127. The molecule has 0 radical (unpaired) electrons. The van der Waals surface area contributed by atoms with Crippen LogP contribution in [-0.2, 0) is 25.9 Å². The largest absolute Gasteiger partial charge is 0.356 e. The van der Waals surface area contributed by atoms with Crippen molar-refractivity contribution in [3.05, 3.63) is 46.5 Å². The maximum absolute atomic E-state index is 6.32. The van der Waals surface area contributed by atoms with Gasteiger partial charge in [0.15, 0.2) is 11.8 Å². The lowest BCUT2D eigenvalue weighted by Crippen LogP contribution is -2.48. The molecule has 2 aromatic rings. The minimum atomic E-state index is 0. The molecule has 0 amide bonds. The molecule has 2 aliphatic rings. The summed E-state index contributed by atoms with van der Waals surface area (Å²) in [7, 11) is 1.85. The van der Waals surface area contributed by atoms with E-state index in [-0.39, 0.29) is 24.0 Å². The van der Waals surface area contributed by atoms with Crippen LogP contribution in [0.1, 0.15) is 43.4 Å². The Kier molecular flexibility index (Phi) is 9.61. The molecule has 0 saturated carbocycles. The lowest BCUT2D eigenvalue weighted by molar-refractivity contribution is 0.178. The van der Waals surface area contributed by atoms with Crippen LogP contribution in [-0.4, -0.2) is 58.3 Å². The van der Waals surface area contributed by atoms with Crippen LogP contribution >= 0.6 is 35.6 Å². The summed E-state index contributed by atoms with van der Waals surface area (Å²) in [6.45, 7) is 7.07. The van der Waals surface area contributed by atoms with Gasteiger partial charge in [-0.05, 0) is 49.9 Å². The maximum Gasteiger partial charge on any atom is 0.191 e. The smallest absolute Gasteiger partial charge is 0.191 e. The van der Waals surface area contributed by atoms with E-state index in [1.807, 2.05) is 19.2 Å². The Morgan fingerprint density at radius 2 is 2.00 bits per heavy atom. The van der Waals surface area contributed by atoms with Gasteiger partial charge in [-0.3, -0.25) is 9.89 Å².